The highest BCUT2D eigenvalue weighted by atomic mass is 32.2. The summed E-state index contributed by atoms with van der Waals surface area (Å²) in [4.78, 5) is 12.9. The van der Waals surface area contributed by atoms with Gasteiger partial charge in [0, 0.05) is 11.4 Å². The normalized spacial score (nSPS) is 11.0. The predicted molar refractivity (Wildman–Crippen MR) is 108 cm³/mol. The van der Waals surface area contributed by atoms with Crippen molar-refractivity contribution in [1.29, 1.82) is 0 Å². The molecule has 27 heavy (non-hydrogen) atoms. The average molecular weight is 380 g/mol. The molecule has 0 heterocycles. The number of para-hydroxylation sites is 2. The lowest BCUT2D eigenvalue weighted by atomic mass is 10.1. The van der Waals surface area contributed by atoms with Crippen molar-refractivity contribution < 1.29 is 13.2 Å². The summed E-state index contributed by atoms with van der Waals surface area (Å²) in [5, 5.41) is 6.00. The number of anilines is 3. The van der Waals surface area contributed by atoms with Crippen LogP contribution in [-0.4, -0.2) is 20.1 Å². The van der Waals surface area contributed by atoms with Gasteiger partial charge in [-0.25, -0.2) is 8.42 Å². The van der Waals surface area contributed by atoms with Gasteiger partial charge < -0.3 is 10.6 Å². The third kappa shape index (κ3) is 4.54. The van der Waals surface area contributed by atoms with E-state index >= 15 is 0 Å². The zero-order valence-corrected chi connectivity index (χ0v) is 15.7. The first-order valence-electron chi connectivity index (χ1n) is 8.55. The summed E-state index contributed by atoms with van der Waals surface area (Å²) in [6.45, 7) is 1.59. The Kier molecular flexibility index (Phi) is 5.57. The number of amides is 1. The van der Waals surface area contributed by atoms with Crippen LogP contribution in [0.4, 0.5) is 17.1 Å². The summed E-state index contributed by atoms with van der Waals surface area (Å²) in [6.07, 6.45) is 0. The van der Waals surface area contributed by atoms with Crippen LogP contribution in [0.5, 0.6) is 0 Å². The van der Waals surface area contributed by atoms with Gasteiger partial charge in [-0.1, -0.05) is 43.3 Å². The van der Waals surface area contributed by atoms with Crippen LogP contribution in [0.1, 0.15) is 17.3 Å². The number of carbonyl (C=O) groups excluding carboxylic acids is 1. The lowest BCUT2D eigenvalue weighted by molar-refractivity contribution is 0.102. The maximum Gasteiger partial charge on any atom is 0.257 e. The van der Waals surface area contributed by atoms with Crippen molar-refractivity contribution in [1.82, 2.24) is 0 Å². The fourth-order valence-electron chi connectivity index (χ4n) is 2.60. The molecule has 0 aromatic heterocycles. The van der Waals surface area contributed by atoms with E-state index < -0.39 is 9.84 Å². The summed E-state index contributed by atoms with van der Waals surface area (Å²) in [6, 6.07) is 23.0. The molecule has 1 amide bonds. The van der Waals surface area contributed by atoms with Crippen molar-refractivity contribution in [3.05, 3.63) is 84.4 Å². The SMILES string of the molecule is CCS(=O)(=O)c1cccc(NC(=O)c2ccccc2Nc2ccccc2)c1. The van der Waals surface area contributed by atoms with E-state index in [-0.39, 0.29) is 16.6 Å². The molecule has 0 radical (unpaired) electrons. The Bertz CT molecular complexity index is 1050. The molecular formula is C21H20N2O3S. The first kappa shape index (κ1) is 18.7. The summed E-state index contributed by atoms with van der Waals surface area (Å²) in [5.41, 5.74) is 2.43. The Hall–Kier alpha value is -3.12. The van der Waals surface area contributed by atoms with Crippen LogP contribution < -0.4 is 10.6 Å². The number of nitrogens with one attached hydrogen (secondary N) is 2. The van der Waals surface area contributed by atoms with Gasteiger partial charge in [0.15, 0.2) is 9.84 Å². The van der Waals surface area contributed by atoms with Crippen LogP contribution >= 0.6 is 0 Å². The third-order valence-corrected chi connectivity index (χ3v) is 5.79. The molecule has 0 bridgehead atoms. The molecule has 3 aromatic rings. The molecule has 0 saturated heterocycles. The van der Waals surface area contributed by atoms with Crippen molar-refractivity contribution in [2.75, 3.05) is 16.4 Å². The summed E-state index contributed by atoms with van der Waals surface area (Å²) in [5.74, 6) is -0.311. The molecule has 138 valence electrons. The van der Waals surface area contributed by atoms with Crippen LogP contribution in [0.25, 0.3) is 0 Å². The minimum Gasteiger partial charge on any atom is -0.355 e. The Morgan fingerprint density at radius 2 is 1.52 bits per heavy atom. The molecule has 0 saturated carbocycles. The van der Waals surface area contributed by atoms with E-state index in [1.807, 2.05) is 42.5 Å². The zero-order chi connectivity index (χ0) is 19.3. The summed E-state index contributed by atoms with van der Waals surface area (Å²) < 4.78 is 24.1. The zero-order valence-electron chi connectivity index (χ0n) is 14.8. The van der Waals surface area contributed by atoms with Gasteiger partial charge in [-0.15, -0.1) is 0 Å². The van der Waals surface area contributed by atoms with E-state index in [0.29, 0.717) is 16.9 Å². The van der Waals surface area contributed by atoms with E-state index in [9.17, 15) is 13.2 Å². The minimum absolute atomic E-state index is 0.00816. The molecule has 0 aliphatic rings. The van der Waals surface area contributed by atoms with Gasteiger partial charge in [-0.3, -0.25) is 4.79 Å². The van der Waals surface area contributed by atoms with Crippen LogP contribution in [0, 0.1) is 0 Å². The second kappa shape index (κ2) is 8.05. The number of carbonyl (C=O) groups is 1. The molecule has 0 fully saturated rings. The third-order valence-electron chi connectivity index (χ3n) is 4.06. The molecule has 0 aliphatic carbocycles. The van der Waals surface area contributed by atoms with Gasteiger partial charge in [0.2, 0.25) is 0 Å². The van der Waals surface area contributed by atoms with Crippen LogP contribution in [0.3, 0.4) is 0 Å². The van der Waals surface area contributed by atoms with E-state index in [1.54, 1.807) is 31.2 Å². The van der Waals surface area contributed by atoms with Crippen molar-refractivity contribution in [2.24, 2.45) is 0 Å². The van der Waals surface area contributed by atoms with E-state index in [2.05, 4.69) is 10.6 Å². The number of hydrogen-bond donors (Lipinski definition) is 2. The molecule has 0 aliphatic heterocycles. The van der Waals surface area contributed by atoms with E-state index in [4.69, 9.17) is 0 Å². The highest BCUT2D eigenvalue weighted by molar-refractivity contribution is 7.91. The Balaban J connectivity index is 1.84. The number of benzene rings is 3. The molecule has 3 aromatic carbocycles. The summed E-state index contributed by atoms with van der Waals surface area (Å²) in [7, 11) is -3.33. The number of rotatable bonds is 6. The summed E-state index contributed by atoms with van der Waals surface area (Å²) >= 11 is 0. The fourth-order valence-corrected chi connectivity index (χ4v) is 3.53. The first-order valence-corrected chi connectivity index (χ1v) is 10.2. The average Bonchev–Trinajstić information content (AvgIpc) is 2.69. The number of hydrogen-bond acceptors (Lipinski definition) is 4. The predicted octanol–water partition coefficient (Wildman–Crippen LogP) is 4.48. The second-order valence-corrected chi connectivity index (χ2v) is 8.20. The second-order valence-electron chi connectivity index (χ2n) is 5.92. The maximum absolute atomic E-state index is 12.8. The monoisotopic (exact) mass is 380 g/mol. The number of sulfone groups is 1. The van der Waals surface area contributed by atoms with Gasteiger partial charge in [0.05, 0.1) is 21.9 Å². The van der Waals surface area contributed by atoms with Crippen LogP contribution in [-0.2, 0) is 9.84 Å². The van der Waals surface area contributed by atoms with Crippen LogP contribution in [0.2, 0.25) is 0 Å². The van der Waals surface area contributed by atoms with Gasteiger partial charge >= 0.3 is 0 Å². The molecule has 0 unspecified atom stereocenters. The fraction of sp³-hybridized carbons (Fsp3) is 0.0952. The molecule has 5 nitrogen and oxygen atoms in total. The van der Waals surface area contributed by atoms with Gasteiger partial charge in [0.25, 0.3) is 5.91 Å². The Morgan fingerprint density at radius 1 is 0.852 bits per heavy atom. The highest BCUT2D eigenvalue weighted by Gasteiger charge is 2.15. The first-order chi connectivity index (χ1) is 13.0. The van der Waals surface area contributed by atoms with Crippen molar-refractivity contribution in [3.8, 4) is 0 Å². The van der Waals surface area contributed by atoms with Gasteiger partial charge in [-0.2, -0.15) is 0 Å². The highest BCUT2D eigenvalue weighted by Crippen LogP contribution is 2.23. The molecule has 0 atom stereocenters. The quantitative estimate of drug-likeness (QED) is 0.661. The molecular weight excluding hydrogens is 360 g/mol. The standard InChI is InChI=1S/C21H20N2O3S/c1-2-27(25,26)18-12-8-11-17(15-18)23-21(24)19-13-6-7-14-20(19)22-16-9-4-3-5-10-16/h3-15,22H,2H2,1H3,(H,23,24). The molecule has 6 heteroatoms. The Labute approximate surface area is 159 Å². The van der Waals surface area contributed by atoms with Gasteiger partial charge in [0.1, 0.15) is 0 Å². The largest absolute Gasteiger partial charge is 0.355 e. The van der Waals surface area contributed by atoms with Crippen molar-refractivity contribution in [3.63, 3.8) is 0 Å². The van der Waals surface area contributed by atoms with Crippen molar-refractivity contribution >= 4 is 32.8 Å². The van der Waals surface area contributed by atoms with Crippen LogP contribution in [0.15, 0.2) is 83.8 Å². The lowest BCUT2D eigenvalue weighted by Gasteiger charge is -2.13. The smallest absolute Gasteiger partial charge is 0.257 e. The van der Waals surface area contributed by atoms with E-state index in [1.165, 1.54) is 12.1 Å². The maximum atomic E-state index is 12.8. The van der Waals surface area contributed by atoms with E-state index in [0.717, 1.165) is 5.69 Å². The molecule has 3 rings (SSSR count). The van der Waals surface area contributed by atoms with Crippen molar-refractivity contribution in [2.45, 2.75) is 11.8 Å². The Morgan fingerprint density at radius 3 is 2.26 bits per heavy atom. The topological polar surface area (TPSA) is 75.3 Å². The lowest BCUT2D eigenvalue weighted by Crippen LogP contribution is -2.14. The van der Waals surface area contributed by atoms with Gasteiger partial charge in [-0.05, 0) is 42.5 Å². The minimum atomic E-state index is -3.33. The molecule has 2 N–H and O–H groups in total. The molecule has 0 spiro atoms.